The Kier molecular flexibility index (Phi) is 5.55. The van der Waals surface area contributed by atoms with Gasteiger partial charge in [0.1, 0.15) is 17.9 Å². The lowest BCUT2D eigenvalue weighted by molar-refractivity contribution is -0.321. The van der Waals surface area contributed by atoms with E-state index in [1.54, 1.807) is 30.3 Å². The molecule has 0 aliphatic heterocycles. The Hall–Kier alpha value is -3.01. The van der Waals surface area contributed by atoms with Crippen LogP contribution in [0.5, 0.6) is 5.75 Å². The maximum atomic E-state index is 13.6. The number of hydrogen-bond acceptors (Lipinski definition) is 4. The summed E-state index contributed by atoms with van der Waals surface area (Å²) in [6.45, 7) is -4.55. The second-order valence-corrected chi connectivity index (χ2v) is 6.44. The van der Waals surface area contributed by atoms with Gasteiger partial charge in [0.05, 0.1) is 5.56 Å². The van der Waals surface area contributed by atoms with Crippen LogP contribution in [0.4, 0.5) is 26.3 Å². The third-order valence-corrected chi connectivity index (χ3v) is 4.33. The van der Waals surface area contributed by atoms with Crippen LogP contribution in [0.1, 0.15) is 0 Å². The molecule has 0 spiro atoms. The Morgan fingerprint density at radius 1 is 0.900 bits per heavy atom. The van der Waals surface area contributed by atoms with E-state index in [0.717, 1.165) is 12.1 Å². The maximum absolute atomic E-state index is 13.6. The van der Waals surface area contributed by atoms with Crippen molar-refractivity contribution in [2.24, 2.45) is 0 Å². The van der Waals surface area contributed by atoms with Gasteiger partial charge in [-0.05, 0) is 23.8 Å². The second-order valence-electron chi connectivity index (χ2n) is 6.44. The molecule has 0 saturated heterocycles. The summed E-state index contributed by atoms with van der Waals surface area (Å²) in [6, 6.07) is 13.5. The lowest BCUT2D eigenvalue weighted by Gasteiger charge is -2.31. The molecule has 3 aromatic rings. The molecule has 0 fully saturated rings. The van der Waals surface area contributed by atoms with E-state index in [4.69, 9.17) is 9.52 Å². The van der Waals surface area contributed by atoms with Crippen LogP contribution in [-0.2, 0) is 0 Å². The molecule has 10 heteroatoms. The predicted octanol–water partition coefficient (Wildman–Crippen LogP) is 4.74. The first-order valence-corrected chi connectivity index (χ1v) is 8.49. The smallest absolute Gasteiger partial charge is 0.377 e. The summed E-state index contributed by atoms with van der Waals surface area (Å²) < 4.78 is 89.8. The number of aliphatic hydroxyl groups excluding tert-OH is 1. The van der Waals surface area contributed by atoms with Gasteiger partial charge >= 0.3 is 23.4 Å². The van der Waals surface area contributed by atoms with Gasteiger partial charge in [-0.3, -0.25) is 0 Å². The minimum absolute atomic E-state index is 0.0760. The van der Waals surface area contributed by atoms with Gasteiger partial charge in [-0.25, -0.2) is 4.79 Å². The summed E-state index contributed by atoms with van der Waals surface area (Å²) in [4.78, 5) is 12.2. The topological polar surface area (TPSA) is 59.7 Å². The summed E-state index contributed by atoms with van der Waals surface area (Å²) in [5.74, 6) is -16.9. The first-order valence-electron chi connectivity index (χ1n) is 8.49. The van der Waals surface area contributed by atoms with Crippen molar-refractivity contribution in [3.8, 4) is 16.9 Å². The van der Waals surface area contributed by atoms with E-state index in [-0.39, 0.29) is 11.1 Å². The zero-order valence-electron chi connectivity index (χ0n) is 15.1. The molecule has 0 aliphatic rings. The Labute approximate surface area is 165 Å². The summed E-state index contributed by atoms with van der Waals surface area (Å²) in [7, 11) is 0. The molecule has 0 unspecified atom stereocenters. The highest BCUT2D eigenvalue weighted by Gasteiger charge is 2.71. The fourth-order valence-corrected chi connectivity index (χ4v) is 2.63. The number of hydrogen-bond donors (Lipinski definition) is 1. The predicted molar refractivity (Wildman–Crippen MR) is 95.3 cm³/mol. The van der Waals surface area contributed by atoms with Crippen molar-refractivity contribution in [3.63, 3.8) is 0 Å². The van der Waals surface area contributed by atoms with E-state index in [0.29, 0.717) is 10.9 Å². The van der Waals surface area contributed by atoms with Crippen molar-refractivity contribution in [3.05, 3.63) is 65.0 Å². The minimum atomic E-state index is -5.84. The van der Waals surface area contributed by atoms with E-state index in [2.05, 4.69) is 4.74 Å². The normalized spacial score (nSPS) is 12.9. The Morgan fingerprint density at radius 2 is 1.57 bits per heavy atom. The second kappa shape index (κ2) is 7.67. The van der Waals surface area contributed by atoms with Gasteiger partial charge in [0.25, 0.3) is 0 Å². The van der Waals surface area contributed by atoms with Crippen LogP contribution in [0.2, 0.25) is 0 Å². The van der Waals surface area contributed by atoms with Crippen molar-refractivity contribution in [1.29, 1.82) is 0 Å². The molecule has 0 amide bonds. The van der Waals surface area contributed by atoms with Gasteiger partial charge in [0.15, 0.2) is 6.61 Å². The number of halogens is 6. The number of rotatable bonds is 7. The summed E-state index contributed by atoms with van der Waals surface area (Å²) in [6.07, 6.45) is 0. The molecule has 3 rings (SSSR count). The van der Waals surface area contributed by atoms with Gasteiger partial charge in [-0.2, -0.15) is 26.3 Å². The molecule has 1 heterocycles. The van der Waals surface area contributed by atoms with Crippen molar-refractivity contribution in [1.82, 2.24) is 0 Å². The molecule has 0 radical (unpaired) electrons. The number of alkyl halides is 6. The lowest BCUT2D eigenvalue weighted by Crippen LogP contribution is -2.58. The summed E-state index contributed by atoms with van der Waals surface area (Å²) >= 11 is 0. The molecule has 1 aromatic heterocycles. The Morgan fingerprint density at radius 3 is 2.20 bits per heavy atom. The zero-order chi connectivity index (χ0) is 22.2. The quantitative estimate of drug-likeness (QED) is 0.433. The molecule has 0 aliphatic carbocycles. The molecule has 0 atom stereocenters. The zero-order valence-corrected chi connectivity index (χ0v) is 15.1. The monoisotopic (exact) mass is 432 g/mol. The van der Waals surface area contributed by atoms with Crippen LogP contribution in [0.3, 0.4) is 0 Å². The number of ether oxygens (including phenoxy) is 1. The van der Waals surface area contributed by atoms with Gasteiger partial charge in [-0.15, -0.1) is 0 Å². The molecule has 0 saturated carbocycles. The van der Waals surface area contributed by atoms with E-state index in [1.165, 1.54) is 12.1 Å². The van der Waals surface area contributed by atoms with Crippen LogP contribution in [0.25, 0.3) is 22.1 Å². The highest BCUT2D eigenvalue weighted by Crippen LogP contribution is 2.45. The molecule has 30 heavy (non-hydrogen) atoms. The number of benzene rings is 2. The van der Waals surface area contributed by atoms with Crippen molar-refractivity contribution in [2.75, 3.05) is 13.2 Å². The van der Waals surface area contributed by atoms with Crippen molar-refractivity contribution >= 4 is 11.0 Å². The first-order chi connectivity index (χ1) is 14.0. The van der Waals surface area contributed by atoms with Crippen LogP contribution in [-0.4, -0.2) is 36.1 Å². The SMILES string of the molecule is O=c1oc2cc(OCC(F)(F)C(F)(F)C(F)(F)CO)ccc2cc1-c1ccccc1. The Bertz CT molecular complexity index is 1100. The molecule has 2 aromatic carbocycles. The van der Waals surface area contributed by atoms with Crippen LogP contribution in [0.15, 0.2) is 63.8 Å². The van der Waals surface area contributed by atoms with Gasteiger partial charge in [0.2, 0.25) is 0 Å². The highest BCUT2D eigenvalue weighted by molar-refractivity contribution is 5.82. The average molecular weight is 432 g/mol. The third-order valence-electron chi connectivity index (χ3n) is 4.33. The molecular weight excluding hydrogens is 418 g/mol. The fraction of sp³-hybridized carbons (Fsp3) is 0.250. The third kappa shape index (κ3) is 3.87. The van der Waals surface area contributed by atoms with Crippen LogP contribution in [0, 0.1) is 0 Å². The van der Waals surface area contributed by atoms with Crippen LogP contribution < -0.4 is 10.4 Å². The van der Waals surface area contributed by atoms with Gasteiger partial charge < -0.3 is 14.3 Å². The van der Waals surface area contributed by atoms with Crippen molar-refractivity contribution in [2.45, 2.75) is 17.8 Å². The highest BCUT2D eigenvalue weighted by atomic mass is 19.3. The summed E-state index contributed by atoms with van der Waals surface area (Å²) in [5.41, 5.74) is 0.0209. The molecule has 160 valence electrons. The first kappa shape index (κ1) is 21.7. The molecular formula is C20H14F6O4. The number of aliphatic hydroxyl groups is 1. The largest absolute Gasteiger partial charge is 0.487 e. The Balaban J connectivity index is 1.85. The average Bonchev–Trinajstić information content (AvgIpc) is 2.72. The van der Waals surface area contributed by atoms with Gasteiger partial charge in [-0.1, -0.05) is 30.3 Å². The molecule has 1 N–H and O–H groups in total. The van der Waals surface area contributed by atoms with Crippen molar-refractivity contribution < 1.29 is 40.6 Å². The van der Waals surface area contributed by atoms with Gasteiger partial charge in [0, 0.05) is 11.5 Å². The van der Waals surface area contributed by atoms with E-state index in [9.17, 15) is 31.1 Å². The standard InChI is InChI=1S/C20H14F6O4/c21-18(22,10-27)20(25,26)19(23,24)11-29-14-7-6-13-8-15(12-4-2-1-3-5-12)17(28)30-16(13)9-14/h1-9,27H,10-11H2. The molecule has 0 bridgehead atoms. The van der Waals surface area contributed by atoms with E-state index >= 15 is 0 Å². The minimum Gasteiger partial charge on any atom is -0.487 e. The summed E-state index contributed by atoms with van der Waals surface area (Å²) in [5, 5.41) is 8.67. The van der Waals surface area contributed by atoms with Crippen LogP contribution >= 0.6 is 0 Å². The van der Waals surface area contributed by atoms with E-state index in [1.807, 2.05) is 0 Å². The molecule has 4 nitrogen and oxygen atoms in total. The van der Waals surface area contributed by atoms with E-state index < -0.39 is 42.4 Å². The lowest BCUT2D eigenvalue weighted by atomic mass is 10.1. The maximum Gasteiger partial charge on any atom is 0.377 e. The fourth-order valence-electron chi connectivity index (χ4n) is 2.63. The number of fused-ring (bicyclic) bond motifs is 1.